The maximum atomic E-state index is 5.66. The Bertz CT molecular complexity index is 350. The molecule has 1 unspecified atom stereocenters. The van der Waals surface area contributed by atoms with Crippen molar-refractivity contribution in [2.45, 2.75) is 52.6 Å². The fourth-order valence-electron chi connectivity index (χ4n) is 2.50. The summed E-state index contributed by atoms with van der Waals surface area (Å²) in [5.41, 5.74) is 1.01. The van der Waals surface area contributed by atoms with Gasteiger partial charge in [-0.25, -0.2) is 4.98 Å². The maximum Gasteiger partial charge on any atom is 0.208 e. The maximum absolute atomic E-state index is 5.66. The Labute approximate surface area is 110 Å². The van der Waals surface area contributed by atoms with Gasteiger partial charge >= 0.3 is 0 Å². The first-order valence-corrected chi connectivity index (χ1v) is 7.07. The molecule has 1 aromatic rings. The van der Waals surface area contributed by atoms with Crippen LogP contribution in [0.5, 0.6) is 0 Å². The topological polar surface area (TPSA) is 41.3 Å². The first-order valence-electron chi connectivity index (χ1n) is 7.07. The summed E-state index contributed by atoms with van der Waals surface area (Å²) in [7, 11) is 0. The Morgan fingerprint density at radius 3 is 2.78 bits per heavy atom. The Kier molecular flexibility index (Phi) is 4.78. The van der Waals surface area contributed by atoms with Gasteiger partial charge < -0.3 is 9.73 Å². The van der Waals surface area contributed by atoms with Crippen LogP contribution >= 0.6 is 0 Å². The molecule has 4 nitrogen and oxygen atoms in total. The van der Waals surface area contributed by atoms with Crippen molar-refractivity contribution in [2.75, 3.05) is 19.6 Å². The van der Waals surface area contributed by atoms with Crippen molar-refractivity contribution in [3.8, 4) is 0 Å². The Balaban J connectivity index is 1.88. The molecule has 0 spiro atoms. The van der Waals surface area contributed by atoms with Crippen molar-refractivity contribution in [1.82, 2.24) is 15.2 Å². The van der Waals surface area contributed by atoms with Gasteiger partial charge in [0.05, 0.1) is 12.2 Å². The molecule has 2 rings (SSSR count). The van der Waals surface area contributed by atoms with Crippen molar-refractivity contribution in [3.05, 3.63) is 17.3 Å². The van der Waals surface area contributed by atoms with Gasteiger partial charge in [0.2, 0.25) is 5.89 Å². The summed E-state index contributed by atoms with van der Waals surface area (Å²) in [6.07, 6.45) is 3.97. The molecule has 1 N–H and O–H groups in total. The zero-order valence-electron chi connectivity index (χ0n) is 11.8. The molecule has 1 aromatic heterocycles. The van der Waals surface area contributed by atoms with Gasteiger partial charge in [-0.2, -0.15) is 0 Å². The molecule has 0 aliphatic carbocycles. The van der Waals surface area contributed by atoms with Gasteiger partial charge in [0.15, 0.2) is 0 Å². The predicted octanol–water partition coefficient (Wildman–Crippen LogP) is 2.26. The van der Waals surface area contributed by atoms with Gasteiger partial charge in [-0.05, 0) is 39.8 Å². The fourth-order valence-corrected chi connectivity index (χ4v) is 2.50. The third-order valence-corrected chi connectivity index (χ3v) is 3.77. The number of aromatic nitrogens is 1. The Hall–Kier alpha value is -0.870. The SMILES string of the molecule is CCN(Cc1nc(C)c(C)o1)CC1CCCCN1. The molecule has 0 saturated carbocycles. The molecule has 0 radical (unpaired) electrons. The van der Waals surface area contributed by atoms with Gasteiger partial charge in [-0.3, -0.25) is 4.90 Å². The van der Waals surface area contributed by atoms with Crippen LogP contribution in [-0.2, 0) is 6.54 Å². The number of piperidine rings is 1. The molecule has 18 heavy (non-hydrogen) atoms. The molecule has 0 aromatic carbocycles. The number of hydrogen-bond donors (Lipinski definition) is 1. The van der Waals surface area contributed by atoms with Crippen LogP contribution in [0.2, 0.25) is 0 Å². The lowest BCUT2D eigenvalue weighted by atomic mass is 10.0. The van der Waals surface area contributed by atoms with Crippen LogP contribution < -0.4 is 5.32 Å². The molecule has 1 atom stereocenters. The number of likely N-dealkylation sites (N-methyl/N-ethyl adjacent to an activating group) is 1. The number of nitrogens with zero attached hydrogens (tertiary/aromatic N) is 2. The first kappa shape index (κ1) is 13.6. The van der Waals surface area contributed by atoms with E-state index in [1.54, 1.807) is 0 Å². The summed E-state index contributed by atoms with van der Waals surface area (Å²) in [5, 5.41) is 3.59. The van der Waals surface area contributed by atoms with Crippen molar-refractivity contribution in [1.29, 1.82) is 0 Å². The second kappa shape index (κ2) is 6.34. The van der Waals surface area contributed by atoms with E-state index in [1.165, 1.54) is 25.8 Å². The molecule has 0 amide bonds. The van der Waals surface area contributed by atoms with Gasteiger partial charge in [-0.15, -0.1) is 0 Å². The number of hydrogen-bond acceptors (Lipinski definition) is 4. The Morgan fingerprint density at radius 2 is 2.22 bits per heavy atom. The molecule has 1 aliphatic rings. The number of nitrogens with one attached hydrogen (secondary N) is 1. The second-order valence-corrected chi connectivity index (χ2v) is 5.22. The summed E-state index contributed by atoms with van der Waals surface area (Å²) in [4.78, 5) is 6.87. The quantitative estimate of drug-likeness (QED) is 0.871. The van der Waals surface area contributed by atoms with Gasteiger partial charge in [-0.1, -0.05) is 13.3 Å². The molecular weight excluding hydrogens is 226 g/mol. The van der Waals surface area contributed by atoms with Crippen molar-refractivity contribution >= 4 is 0 Å². The normalized spacial score (nSPS) is 20.6. The van der Waals surface area contributed by atoms with Crippen LogP contribution in [0.25, 0.3) is 0 Å². The Morgan fingerprint density at radius 1 is 1.39 bits per heavy atom. The zero-order valence-corrected chi connectivity index (χ0v) is 11.8. The number of rotatable bonds is 5. The predicted molar refractivity (Wildman–Crippen MR) is 72.6 cm³/mol. The minimum atomic E-state index is 0.635. The molecule has 1 saturated heterocycles. The molecule has 1 aliphatic heterocycles. The van der Waals surface area contributed by atoms with Crippen LogP contribution in [0.15, 0.2) is 4.42 Å². The standard InChI is InChI=1S/C14H25N3O/c1-4-17(9-13-7-5-6-8-15-13)10-14-16-11(2)12(3)18-14/h13,15H,4-10H2,1-3H3. The van der Waals surface area contributed by atoms with Crippen molar-refractivity contribution < 1.29 is 4.42 Å². The van der Waals surface area contributed by atoms with E-state index in [0.717, 1.165) is 37.0 Å². The molecule has 1 fully saturated rings. The minimum Gasteiger partial charge on any atom is -0.444 e. The molecule has 102 valence electrons. The van der Waals surface area contributed by atoms with E-state index in [0.29, 0.717) is 6.04 Å². The van der Waals surface area contributed by atoms with Gasteiger partial charge in [0.25, 0.3) is 0 Å². The summed E-state index contributed by atoms with van der Waals surface area (Å²) < 4.78 is 5.66. The van der Waals surface area contributed by atoms with Crippen LogP contribution in [0.3, 0.4) is 0 Å². The summed E-state index contributed by atoms with van der Waals surface area (Å²) in [6.45, 7) is 10.3. The lowest BCUT2D eigenvalue weighted by Crippen LogP contribution is -2.43. The van der Waals surface area contributed by atoms with E-state index in [9.17, 15) is 0 Å². The number of aryl methyl sites for hydroxylation is 2. The smallest absolute Gasteiger partial charge is 0.208 e. The highest BCUT2D eigenvalue weighted by Gasteiger charge is 2.17. The van der Waals surface area contributed by atoms with Crippen molar-refractivity contribution in [3.63, 3.8) is 0 Å². The summed E-state index contributed by atoms with van der Waals surface area (Å²) >= 11 is 0. The highest BCUT2D eigenvalue weighted by molar-refractivity contribution is 5.05. The first-order chi connectivity index (χ1) is 8.69. The number of oxazole rings is 1. The zero-order chi connectivity index (χ0) is 13.0. The third kappa shape index (κ3) is 3.56. The van der Waals surface area contributed by atoms with Crippen LogP contribution in [0.1, 0.15) is 43.5 Å². The van der Waals surface area contributed by atoms with Gasteiger partial charge in [0, 0.05) is 12.6 Å². The monoisotopic (exact) mass is 251 g/mol. The van der Waals surface area contributed by atoms with Crippen LogP contribution in [0.4, 0.5) is 0 Å². The summed E-state index contributed by atoms with van der Waals surface area (Å²) in [5.74, 6) is 1.79. The average molecular weight is 251 g/mol. The average Bonchev–Trinajstić information content (AvgIpc) is 2.69. The van der Waals surface area contributed by atoms with E-state index >= 15 is 0 Å². The molecule has 2 heterocycles. The highest BCUT2D eigenvalue weighted by Crippen LogP contribution is 2.13. The fraction of sp³-hybridized carbons (Fsp3) is 0.786. The minimum absolute atomic E-state index is 0.635. The second-order valence-electron chi connectivity index (χ2n) is 5.22. The lowest BCUT2D eigenvalue weighted by Gasteiger charge is -2.29. The highest BCUT2D eigenvalue weighted by atomic mass is 16.4. The molecular formula is C14H25N3O. The van der Waals surface area contributed by atoms with E-state index < -0.39 is 0 Å². The molecule has 0 bridgehead atoms. The van der Waals surface area contributed by atoms with Crippen molar-refractivity contribution in [2.24, 2.45) is 0 Å². The van der Waals surface area contributed by atoms with E-state index in [2.05, 4.69) is 22.1 Å². The van der Waals surface area contributed by atoms with Crippen LogP contribution in [0, 0.1) is 13.8 Å². The van der Waals surface area contributed by atoms with Gasteiger partial charge in [0.1, 0.15) is 5.76 Å². The summed E-state index contributed by atoms with van der Waals surface area (Å²) in [6, 6.07) is 0.635. The van der Waals surface area contributed by atoms with E-state index in [1.807, 2.05) is 13.8 Å². The lowest BCUT2D eigenvalue weighted by molar-refractivity contribution is 0.208. The van der Waals surface area contributed by atoms with E-state index in [-0.39, 0.29) is 0 Å². The largest absolute Gasteiger partial charge is 0.444 e. The third-order valence-electron chi connectivity index (χ3n) is 3.77. The van der Waals surface area contributed by atoms with E-state index in [4.69, 9.17) is 4.42 Å². The van der Waals surface area contributed by atoms with Crippen LogP contribution in [-0.4, -0.2) is 35.6 Å². The molecule has 4 heteroatoms.